The van der Waals surface area contributed by atoms with E-state index in [-0.39, 0.29) is 12.5 Å². The van der Waals surface area contributed by atoms with Crippen molar-refractivity contribution in [2.75, 3.05) is 33.7 Å². The van der Waals surface area contributed by atoms with Crippen molar-refractivity contribution in [3.05, 3.63) is 35.4 Å². The van der Waals surface area contributed by atoms with E-state index in [1.807, 2.05) is 0 Å². The van der Waals surface area contributed by atoms with Crippen LogP contribution in [0.15, 0.2) is 29.3 Å². The molecule has 176 valence electrons. The number of carbonyl (C=O) groups is 1. The topological polar surface area (TPSA) is 60.0 Å². The molecule has 0 aromatic heterocycles. The molecule has 1 aromatic rings. The molecule has 0 radical (unpaired) electrons. The van der Waals surface area contributed by atoms with Crippen LogP contribution < -0.4 is 10.6 Å². The summed E-state index contributed by atoms with van der Waals surface area (Å²) in [7, 11) is 3.58. The first kappa shape index (κ1) is 23.1. The Kier molecular flexibility index (Phi) is 8.06. The molecular weight excluding hydrogens is 398 g/mol. The quantitative estimate of drug-likeness (QED) is 0.547. The summed E-state index contributed by atoms with van der Waals surface area (Å²) in [6.45, 7) is 2.53. The minimum atomic E-state index is 0.0345. The van der Waals surface area contributed by atoms with Gasteiger partial charge in [0.25, 0.3) is 0 Å². The van der Waals surface area contributed by atoms with Crippen molar-refractivity contribution in [1.82, 2.24) is 20.4 Å². The predicted octanol–water partition coefficient (Wildman–Crippen LogP) is 2.96. The Balaban J connectivity index is 1.34. The molecule has 2 fully saturated rings. The van der Waals surface area contributed by atoms with Crippen molar-refractivity contribution in [3.63, 3.8) is 0 Å². The van der Waals surface area contributed by atoms with E-state index in [2.05, 4.69) is 44.8 Å². The fraction of sp³-hybridized carbons (Fsp3) is 0.692. The van der Waals surface area contributed by atoms with Gasteiger partial charge in [-0.05, 0) is 56.1 Å². The Bertz CT molecular complexity index is 778. The lowest BCUT2D eigenvalue weighted by molar-refractivity contribution is -0.127. The van der Waals surface area contributed by atoms with Crippen molar-refractivity contribution in [1.29, 1.82) is 0 Å². The van der Waals surface area contributed by atoms with E-state index in [9.17, 15) is 4.79 Å². The van der Waals surface area contributed by atoms with E-state index in [4.69, 9.17) is 0 Å². The number of fused-ring (bicyclic) bond motifs is 1. The third kappa shape index (κ3) is 6.25. The number of hydrogen-bond donors (Lipinski definition) is 2. The Morgan fingerprint density at radius 1 is 0.969 bits per heavy atom. The van der Waals surface area contributed by atoms with Gasteiger partial charge in [-0.1, -0.05) is 43.5 Å². The molecule has 0 spiro atoms. The van der Waals surface area contributed by atoms with Crippen molar-refractivity contribution < 1.29 is 4.79 Å². The number of carbonyl (C=O) groups excluding carboxylic acids is 1. The van der Waals surface area contributed by atoms with E-state index < -0.39 is 0 Å². The van der Waals surface area contributed by atoms with Gasteiger partial charge in [0.05, 0.1) is 0 Å². The molecule has 1 saturated heterocycles. The Morgan fingerprint density at radius 2 is 1.66 bits per heavy atom. The molecule has 6 nitrogen and oxygen atoms in total. The number of likely N-dealkylation sites (N-methyl/N-ethyl adjacent to an activating group) is 1. The second-order valence-electron chi connectivity index (χ2n) is 10.1. The number of nitrogens with one attached hydrogen (secondary N) is 2. The number of rotatable bonds is 5. The van der Waals surface area contributed by atoms with Gasteiger partial charge in [0, 0.05) is 45.3 Å². The third-order valence-electron chi connectivity index (χ3n) is 7.52. The van der Waals surface area contributed by atoms with Gasteiger partial charge in [-0.2, -0.15) is 0 Å². The number of hydrogen-bond acceptors (Lipinski definition) is 3. The predicted molar refractivity (Wildman–Crippen MR) is 131 cm³/mol. The summed E-state index contributed by atoms with van der Waals surface area (Å²) in [5.74, 6) is 0.841. The first-order valence-electron chi connectivity index (χ1n) is 12.7. The Labute approximate surface area is 193 Å². The van der Waals surface area contributed by atoms with Gasteiger partial charge in [0.1, 0.15) is 6.54 Å². The number of likely N-dealkylation sites (tertiary alicyclic amines) is 1. The van der Waals surface area contributed by atoms with E-state index in [1.165, 1.54) is 56.3 Å². The van der Waals surface area contributed by atoms with Crippen LogP contribution in [0.3, 0.4) is 0 Å². The number of piperidine rings is 1. The molecule has 1 amide bonds. The maximum Gasteiger partial charge on any atom is 0.243 e. The van der Waals surface area contributed by atoms with Crippen LogP contribution in [0.4, 0.5) is 0 Å². The van der Waals surface area contributed by atoms with Gasteiger partial charge in [-0.25, -0.2) is 4.99 Å². The van der Waals surface area contributed by atoms with Crippen LogP contribution in [-0.4, -0.2) is 73.5 Å². The molecule has 2 aliphatic carbocycles. The Morgan fingerprint density at radius 3 is 2.38 bits per heavy atom. The Hall–Kier alpha value is -2.08. The summed E-state index contributed by atoms with van der Waals surface area (Å²) < 4.78 is 0. The summed E-state index contributed by atoms with van der Waals surface area (Å²) in [5, 5.41) is 7.35. The van der Waals surface area contributed by atoms with Gasteiger partial charge < -0.3 is 20.4 Å². The molecule has 32 heavy (non-hydrogen) atoms. The minimum Gasteiger partial charge on any atom is -0.354 e. The van der Waals surface area contributed by atoms with Gasteiger partial charge in [0.15, 0.2) is 5.96 Å². The van der Waals surface area contributed by atoms with Crippen LogP contribution in [0.5, 0.6) is 0 Å². The van der Waals surface area contributed by atoms with Crippen LogP contribution >= 0.6 is 0 Å². The summed E-state index contributed by atoms with van der Waals surface area (Å²) in [6.07, 6.45) is 12.5. The average molecular weight is 440 g/mol. The number of aryl methyl sites for hydroxylation is 1. The van der Waals surface area contributed by atoms with E-state index >= 15 is 0 Å². The van der Waals surface area contributed by atoms with Gasteiger partial charge >= 0.3 is 0 Å². The lowest BCUT2D eigenvalue weighted by atomic mass is 9.88. The first-order chi connectivity index (χ1) is 15.6. The highest BCUT2D eigenvalue weighted by Crippen LogP contribution is 2.25. The fourth-order valence-electron chi connectivity index (χ4n) is 5.48. The smallest absolute Gasteiger partial charge is 0.243 e. The lowest BCUT2D eigenvalue weighted by Crippen LogP contribution is -2.53. The maximum absolute atomic E-state index is 12.2. The van der Waals surface area contributed by atoms with Crippen LogP contribution in [0.25, 0.3) is 0 Å². The third-order valence-corrected chi connectivity index (χ3v) is 7.52. The molecule has 6 heteroatoms. The lowest BCUT2D eigenvalue weighted by Gasteiger charge is -2.40. The highest BCUT2D eigenvalue weighted by atomic mass is 16.2. The second kappa shape index (κ2) is 11.2. The molecule has 1 saturated carbocycles. The maximum atomic E-state index is 12.2. The van der Waals surface area contributed by atoms with Crippen LogP contribution in [0, 0.1) is 0 Å². The zero-order valence-electron chi connectivity index (χ0n) is 20.0. The second-order valence-corrected chi connectivity index (χ2v) is 10.1. The van der Waals surface area contributed by atoms with E-state index in [0.29, 0.717) is 12.1 Å². The molecule has 3 aliphatic rings. The highest BCUT2D eigenvalue weighted by molar-refractivity contribution is 5.85. The standard InChI is InChI=1S/C26H41N5O/c1-30(2)25(32)19-27-26(29-23-13-12-20-8-6-7-9-21(20)18-23)28-22-14-16-31(17-15-22)24-10-4-3-5-11-24/h6-9,22-24H,3-5,10-19H2,1-2H3,(H2,27,28,29). The molecular formula is C26H41N5O. The van der Waals surface area contributed by atoms with E-state index in [1.54, 1.807) is 19.0 Å². The molecule has 2 N–H and O–H groups in total. The average Bonchev–Trinajstić information content (AvgIpc) is 2.83. The number of benzene rings is 1. The number of amides is 1. The normalized spacial score (nSPS) is 23.4. The zero-order chi connectivity index (χ0) is 22.3. The molecule has 1 aromatic carbocycles. The monoisotopic (exact) mass is 439 g/mol. The number of aliphatic imine (C=N–C) groups is 1. The summed E-state index contributed by atoms with van der Waals surface area (Å²) in [4.78, 5) is 21.2. The number of nitrogens with zero attached hydrogens (tertiary/aromatic N) is 3. The minimum absolute atomic E-state index is 0.0345. The van der Waals surface area contributed by atoms with E-state index in [0.717, 1.165) is 44.1 Å². The van der Waals surface area contributed by atoms with Crippen molar-refractivity contribution in [3.8, 4) is 0 Å². The van der Waals surface area contributed by atoms with Gasteiger partial charge in [0.2, 0.25) is 5.91 Å². The highest BCUT2D eigenvalue weighted by Gasteiger charge is 2.27. The van der Waals surface area contributed by atoms with Gasteiger partial charge in [-0.15, -0.1) is 0 Å². The molecule has 1 aliphatic heterocycles. The van der Waals surface area contributed by atoms with Crippen LogP contribution in [-0.2, 0) is 17.6 Å². The zero-order valence-corrected chi connectivity index (χ0v) is 20.0. The molecule has 1 atom stereocenters. The van der Waals surface area contributed by atoms with Crippen molar-refractivity contribution >= 4 is 11.9 Å². The summed E-state index contributed by atoms with van der Waals surface area (Å²) >= 11 is 0. The number of guanidine groups is 1. The van der Waals surface area contributed by atoms with Crippen LogP contribution in [0.1, 0.15) is 62.5 Å². The van der Waals surface area contributed by atoms with Crippen molar-refractivity contribution in [2.24, 2.45) is 4.99 Å². The SMILES string of the molecule is CN(C)C(=O)CN=C(NC1CCN(C2CCCCC2)CC1)NC1CCc2ccccc2C1. The molecule has 0 bridgehead atoms. The van der Waals surface area contributed by atoms with Gasteiger partial charge in [-0.3, -0.25) is 4.79 Å². The first-order valence-corrected chi connectivity index (χ1v) is 12.7. The summed E-state index contributed by atoms with van der Waals surface area (Å²) in [5.41, 5.74) is 2.90. The largest absolute Gasteiger partial charge is 0.354 e. The molecule has 4 rings (SSSR count). The molecule has 1 heterocycles. The fourth-order valence-corrected chi connectivity index (χ4v) is 5.48. The molecule has 1 unspecified atom stereocenters. The summed E-state index contributed by atoms with van der Waals surface area (Å²) in [6, 6.07) is 10.3. The van der Waals surface area contributed by atoms with Crippen molar-refractivity contribution in [2.45, 2.75) is 82.3 Å². The van der Waals surface area contributed by atoms with Crippen LogP contribution in [0.2, 0.25) is 0 Å².